The van der Waals surface area contributed by atoms with E-state index in [1.165, 1.54) is 37.8 Å². The first-order chi connectivity index (χ1) is 6.36. The van der Waals surface area contributed by atoms with Gasteiger partial charge in [0.2, 0.25) is 0 Å². The lowest BCUT2D eigenvalue weighted by Gasteiger charge is -2.24. The molecule has 0 saturated heterocycles. The number of aryl methyl sites for hydroxylation is 1. The van der Waals surface area contributed by atoms with Crippen molar-refractivity contribution in [3.05, 3.63) is 28.0 Å². The molecule has 2 heterocycles. The first-order valence-electron chi connectivity index (χ1n) is 5.08. The van der Waals surface area contributed by atoms with Crippen LogP contribution >= 0.6 is 12.2 Å². The van der Waals surface area contributed by atoms with E-state index in [1.807, 2.05) is 0 Å². The zero-order valence-electron chi connectivity index (χ0n) is 7.62. The summed E-state index contributed by atoms with van der Waals surface area (Å²) in [4.78, 5) is 0. The predicted octanol–water partition coefficient (Wildman–Crippen LogP) is 3.04. The molecule has 3 rings (SSSR count). The molecular weight excluding hydrogens is 178 g/mol. The molecule has 1 aliphatic carbocycles. The summed E-state index contributed by atoms with van der Waals surface area (Å²) < 4.78 is 3.52. The lowest BCUT2D eigenvalue weighted by molar-refractivity contribution is 0.455. The standard InChI is InChI=1S/C11H13NS/c13-10-5-7-12-6-1-2-8-3-4-9(10)11(8)12/h5,7-8H,1-4,6H2/t8-/m1/s1. The number of aromatic nitrogens is 1. The van der Waals surface area contributed by atoms with Crippen LogP contribution < -0.4 is 0 Å². The third kappa shape index (κ3) is 1.01. The second kappa shape index (κ2) is 2.68. The molecule has 0 fully saturated rings. The SMILES string of the molecule is S=c1ccn2c3c1CC[C@H]3CCC2. The minimum absolute atomic E-state index is 0.826. The van der Waals surface area contributed by atoms with Crippen molar-refractivity contribution in [3.63, 3.8) is 0 Å². The van der Waals surface area contributed by atoms with Crippen molar-refractivity contribution < 1.29 is 0 Å². The lowest BCUT2D eigenvalue weighted by atomic mass is 9.97. The number of rotatable bonds is 0. The van der Waals surface area contributed by atoms with Crippen molar-refractivity contribution >= 4 is 12.2 Å². The lowest BCUT2D eigenvalue weighted by Crippen LogP contribution is -2.14. The summed E-state index contributed by atoms with van der Waals surface area (Å²) >= 11 is 5.35. The van der Waals surface area contributed by atoms with Gasteiger partial charge in [-0.05, 0) is 43.2 Å². The zero-order chi connectivity index (χ0) is 8.84. The monoisotopic (exact) mass is 191 g/mol. The van der Waals surface area contributed by atoms with Gasteiger partial charge in [-0.2, -0.15) is 0 Å². The van der Waals surface area contributed by atoms with E-state index in [-0.39, 0.29) is 0 Å². The van der Waals surface area contributed by atoms with E-state index in [0.717, 1.165) is 10.4 Å². The molecular formula is C11H13NS. The Hall–Kier alpha value is -0.630. The number of nitrogens with zero attached hydrogens (tertiary/aromatic N) is 1. The van der Waals surface area contributed by atoms with Crippen molar-refractivity contribution in [2.24, 2.45) is 0 Å². The molecule has 0 unspecified atom stereocenters. The maximum Gasteiger partial charge on any atom is 0.0441 e. The average Bonchev–Trinajstić information content (AvgIpc) is 2.57. The van der Waals surface area contributed by atoms with Gasteiger partial charge in [-0.3, -0.25) is 0 Å². The first-order valence-corrected chi connectivity index (χ1v) is 5.49. The highest BCUT2D eigenvalue weighted by molar-refractivity contribution is 7.71. The fourth-order valence-electron chi connectivity index (χ4n) is 2.81. The molecule has 0 amide bonds. The van der Waals surface area contributed by atoms with Gasteiger partial charge < -0.3 is 4.57 Å². The van der Waals surface area contributed by atoms with E-state index in [2.05, 4.69) is 16.8 Å². The summed E-state index contributed by atoms with van der Waals surface area (Å²) in [6.45, 7) is 1.20. The Balaban J connectivity index is 2.31. The highest BCUT2D eigenvalue weighted by atomic mass is 32.1. The van der Waals surface area contributed by atoms with Crippen molar-refractivity contribution in [2.75, 3.05) is 0 Å². The number of pyridine rings is 1. The molecule has 2 aliphatic rings. The molecule has 0 N–H and O–H groups in total. The smallest absolute Gasteiger partial charge is 0.0441 e. The molecule has 1 aliphatic heterocycles. The van der Waals surface area contributed by atoms with Gasteiger partial charge in [0, 0.05) is 22.9 Å². The molecule has 0 spiro atoms. The highest BCUT2D eigenvalue weighted by Gasteiger charge is 2.28. The van der Waals surface area contributed by atoms with Crippen LogP contribution in [0.3, 0.4) is 0 Å². The van der Waals surface area contributed by atoms with Crippen LogP contribution in [0.2, 0.25) is 0 Å². The van der Waals surface area contributed by atoms with E-state index < -0.39 is 0 Å². The fraction of sp³-hybridized carbons (Fsp3) is 0.545. The number of hydrogen-bond acceptors (Lipinski definition) is 1. The Bertz CT molecular complexity index is 405. The maximum absolute atomic E-state index is 5.35. The summed E-state index contributed by atoms with van der Waals surface area (Å²) in [7, 11) is 0. The first kappa shape index (κ1) is 7.74. The molecule has 0 aromatic carbocycles. The van der Waals surface area contributed by atoms with Crippen LogP contribution in [0.25, 0.3) is 0 Å². The molecule has 13 heavy (non-hydrogen) atoms. The van der Waals surface area contributed by atoms with E-state index in [9.17, 15) is 0 Å². The second-order valence-electron chi connectivity index (χ2n) is 4.12. The van der Waals surface area contributed by atoms with E-state index in [4.69, 9.17) is 12.2 Å². The van der Waals surface area contributed by atoms with Gasteiger partial charge >= 0.3 is 0 Å². The maximum atomic E-state index is 5.35. The quantitative estimate of drug-likeness (QED) is 0.571. The molecule has 1 aromatic rings. The second-order valence-corrected chi connectivity index (χ2v) is 4.55. The average molecular weight is 191 g/mol. The summed E-state index contributed by atoms with van der Waals surface area (Å²) in [5.41, 5.74) is 3.04. The van der Waals surface area contributed by atoms with E-state index in [1.54, 1.807) is 5.69 Å². The normalized spacial score (nSPS) is 24.5. The molecule has 0 saturated carbocycles. The molecule has 2 heteroatoms. The van der Waals surface area contributed by atoms with Gasteiger partial charge in [0.15, 0.2) is 0 Å². The van der Waals surface area contributed by atoms with Gasteiger partial charge in [-0.1, -0.05) is 12.2 Å². The minimum Gasteiger partial charge on any atom is -0.351 e. The summed E-state index contributed by atoms with van der Waals surface area (Å²) in [5.74, 6) is 0.826. The van der Waals surface area contributed by atoms with Crippen molar-refractivity contribution in [3.8, 4) is 0 Å². The van der Waals surface area contributed by atoms with Crippen molar-refractivity contribution in [1.82, 2.24) is 4.57 Å². The fourth-order valence-corrected chi connectivity index (χ4v) is 3.08. The van der Waals surface area contributed by atoms with Crippen molar-refractivity contribution in [1.29, 1.82) is 0 Å². The topological polar surface area (TPSA) is 4.93 Å². The Labute approximate surface area is 83.4 Å². The summed E-state index contributed by atoms with van der Waals surface area (Å²) in [6, 6.07) is 2.10. The molecule has 1 nitrogen and oxygen atoms in total. The van der Waals surface area contributed by atoms with Gasteiger partial charge in [0.05, 0.1) is 0 Å². The van der Waals surface area contributed by atoms with Crippen LogP contribution in [0, 0.1) is 4.51 Å². The van der Waals surface area contributed by atoms with Crippen LogP contribution in [0.1, 0.15) is 36.4 Å². The third-order valence-electron chi connectivity index (χ3n) is 3.40. The molecule has 1 atom stereocenters. The number of hydrogen-bond donors (Lipinski definition) is 0. The molecule has 68 valence electrons. The Morgan fingerprint density at radius 1 is 1.38 bits per heavy atom. The molecule has 0 radical (unpaired) electrons. The Kier molecular flexibility index (Phi) is 1.59. The Morgan fingerprint density at radius 3 is 3.23 bits per heavy atom. The summed E-state index contributed by atoms with van der Waals surface area (Å²) in [5, 5.41) is 0. The van der Waals surface area contributed by atoms with Gasteiger partial charge in [0.1, 0.15) is 0 Å². The van der Waals surface area contributed by atoms with Crippen LogP contribution in [-0.2, 0) is 13.0 Å². The van der Waals surface area contributed by atoms with Gasteiger partial charge in [-0.15, -0.1) is 0 Å². The van der Waals surface area contributed by atoms with Crippen LogP contribution in [-0.4, -0.2) is 4.57 Å². The van der Waals surface area contributed by atoms with Gasteiger partial charge in [-0.25, -0.2) is 0 Å². The molecule has 0 bridgehead atoms. The van der Waals surface area contributed by atoms with Crippen molar-refractivity contribution in [2.45, 2.75) is 38.1 Å². The highest BCUT2D eigenvalue weighted by Crippen LogP contribution is 2.39. The molecule has 1 aromatic heterocycles. The van der Waals surface area contributed by atoms with Gasteiger partial charge in [0.25, 0.3) is 0 Å². The van der Waals surface area contributed by atoms with Crippen LogP contribution in [0.15, 0.2) is 12.3 Å². The third-order valence-corrected chi connectivity index (χ3v) is 3.79. The van der Waals surface area contributed by atoms with Crippen LogP contribution in [0.4, 0.5) is 0 Å². The van der Waals surface area contributed by atoms with Crippen LogP contribution in [0.5, 0.6) is 0 Å². The zero-order valence-corrected chi connectivity index (χ0v) is 8.44. The largest absolute Gasteiger partial charge is 0.351 e. The predicted molar refractivity (Wildman–Crippen MR) is 55.6 cm³/mol. The Morgan fingerprint density at radius 2 is 2.31 bits per heavy atom. The van der Waals surface area contributed by atoms with E-state index in [0.29, 0.717) is 0 Å². The minimum atomic E-state index is 0.826. The summed E-state index contributed by atoms with van der Waals surface area (Å²) in [6.07, 6.45) is 7.46. The van der Waals surface area contributed by atoms with E-state index >= 15 is 0 Å².